The van der Waals surface area contributed by atoms with Crippen molar-refractivity contribution in [3.8, 4) is 44.7 Å². The van der Waals surface area contributed by atoms with Crippen LogP contribution in [0, 0.1) is 0 Å². The van der Waals surface area contributed by atoms with Crippen molar-refractivity contribution in [2.45, 2.75) is 6.42 Å². The van der Waals surface area contributed by atoms with Crippen LogP contribution < -0.4 is 0 Å². The number of hydrogen-bond acceptors (Lipinski definition) is 2. The monoisotopic (exact) mass is 624 g/mol. The average molecular weight is 625 g/mol. The molecule has 0 saturated carbocycles. The summed E-state index contributed by atoms with van der Waals surface area (Å²) in [6.07, 6.45) is 0.967. The highest BCUT2D eigenvalue weighted by atomic mass is 16.4. The summed E-state index contributed by atoms with van der Waals surface area (Å²) < 4.78 is 13.3. The van der Waals surface area contributed by atoms with E-state index in [0.717, 1.165) is 56.2 Å². The molecule has 0 saturated heterocycles. The Hall–Kier alpha value is -6.38. The molecule has 10 aromatic rings. The molecule has 2 nitrogen and oxygen atoms in total. The van der Waals surface area contributed by atoms with Crippen LogP contribution >= 0.6 is 0 Å². The highest BCUT2D eigenvalue weighted by molar-refractivity contribution is 6.28. The lowest BCUT2D eigenvalue weighted by molar-refractivity contribution is 0.611. The molecule has 228 valence electrons. The number of para-hydroxylation sites is 1. The second-order valence-electron chi connectivity index (χ2n) is 13.2. The van der Waals surface area contributed by atoms with Crippen LogP contribution in [0.25, 0.3) is 99.2 Å². The van der Waals surface area contributed by atoms with E-state index in [-0.39, 0.29) is 0 Å². The van der Waals surface area contributed by atoms with Crippen LogP contribution in [0.4, 0.5) is 0 Å². The second kappa shape index (κ2) is 10.1. The SMILES string of the molecule is c1ccc(-c2cc3cc(-c4c5ccccc5c(-c5ccc6c(c5)Cc5ccccc5-6)c5ccccc45)c4c5ccccc5oc4c3o2)cc1. The fourth-order valence-electron chi connectivity index (χ4n) is 8.36. The zero-order chi connectivity index (χ0) is 32.1. The second-order valence-corrected chi connectivity index (χ2v) is 13.2. The average Bonchev–Trinajstić information content (AvgIpc) is 3.87. The Bertz CT molecular complexity index is 2900. The molecule has 2 heterocycles. The Balaban J connectivity index is 1.24. The molecule has 0 unspecified atom stereocenters. The van der Waals surface area contributed by atoms with E-state index in [4.69, 9.17) is 8.83 Å². The van der Waals surface area contributed by atoms with Crippen LogP contribution in [-0.2, 0) is 6.42 Å². The van der Waals surface area contributed by atoms with Gasteiger partial charge in [-0.3, -0.25) is 0 Å². The van der Waals surface area contributed by atoms with Crippen molar-refractivity contribution >= 4 is 54.5 Å². The van der Waals surface area contributed by atoms with E-state index in [1.165, 1.54) is 60.5 Å². The highest BCUT2D eigenvalue weighted by Crippen LogP contribution is 2.50. The molecule has 2 aromatic heterocycles. The fourth-order valence-corrected chi connectivity index (χ4v) is 8.36. The van der Waals surface area contributed by atoms with Gasteiger partial charge in [0.05, 0.1) is 0 Å². The van der Waals surface area contributed by atoms with Crippen molar-refractivity contribution in [2.24, 2.45) is 0 Å². The van der Waals surface area contributed by atoms with Gasteiger partial charge in [-0.05, 0) is 90.7 Å². The Kier molecular flexibility index (Phi) is 5.47. The van der Waals surface area contributed by atoms with Crippen LogP contribution in [0.3, 0.4) is 0 Å². The van der Waals surface area contributed by atoms with E-state index in [0.29, 0.717) is 0 Å². The lowest BCUT2D eigenvalue weighted by Gasteiger charge is -2.19. The zero-order valence-electron chi connectivity index (χ0n) is 26.5. The topological polar surface area (TPSA) is 26.3 Å². The quantitative estimate of drug-likeness (QED) is 0.183. The smallest absolute Gasteiger partial charge is 0.179 e. The third-order valence-electron chi connectivity index (χ3n) is 10.5. The van der Waals surface area contributed by atoms with Gasteiger partial charge >= 0.3 is 0 Å². The number of rotatable bonds is 3. The van der Waals surface area contributed by atoms with Crippen LogP contribution in [0.5, 0.6) is 0 Å². The summed E-state index contributed by atoms with van der Waals surface area (Å²) in [5.74, 6) is 0.832. The van der Waals surface area contributed by atoms with Crippen molar-refractivity contribution in [3.63, 3.8) is 0 Å². The molecule has 0 aliphatic heterocycles. The number of furan rings is 2. The Labute approximate surface area is 282 Å². The Morgan fingerprint density at radius 2 is 1.02 bits per heavy atom. The summed E-state index contributed by atoms with van der Waals surface area (Å²) in [6, 6.07) is 56.8. The number of benzene rings is 8. The minimum atomic E-state index is 0.776. The third kappa shape index (κ3) is 3.83. The van der Waals surface area contributed by atoms with Gasteiger partial charge in [0.2, 0.25) is 0 Å². The van der Waals surface area contributed by atoms with Gasteiger partial charge in [0, 0.05) is 21.7 Å². The molecule has 2 heteroatoms. The van der Waals surface area contributed by atoms with Gasteiger partial charge in [0.1, 0.15) is 11.3 Å². The Morgan fingerprint density at radius 1 is 0.388 bits per heavy atom. The zero-order valence-corrected chi connectivity index (χ0v) is 26.5. The van der Waals surface area contributed by atoms with Gasteiger partial charge in [-0.2, -0.15) is 0 Å². The highest BCUT2D eigenvalue weighted by Gasteiger charge is 2.25. The van der Waals surface area contributed by atoms with Gasteiger partial charge in [0.15, 0.2) is 11.2 Å². The summed E-state index contributed by atoms with van der Waals surface area (Å²) >= 11 is 0. The summed E-state index contributed by atoms with van der Waals surface area (Å²) in [5.41, 5.74) is 13.8. The molecule has 0 bridgehead atoms. The van der Waals surface area contributed by atoms with E-state index in [2.05, 4.69) is 133 Å². The third-order valence-corrected chi connectivity index (χ3v) is 10.5. The number of fused-ring (bicyclic) bond motifs is 10. The molecule has 1 aliphatic rings. The van der Waals surface area contributed by atoms with Gasteiger partial charge in [-0.1, -0.05) is 140 Å². The molecule has 8 aromatic carbocycles. The first-order valence-electron chi connectivity index (χ1n) is 16.9. The summed E-state index contributed by atoms with van der Waals surface area (Å²) in [7, 11) is 0. The molecule has 49 heavy (non-hydrogen) atoms. The maximum Gasteiger partial charge on any atom is 0.179 e. The molecule has 0 fully saturated rings. The lowest BCUT2D eigenvalue weighted by atomic mass is 9.84. The normalized spacial score (nSPS) is 12.4. The van der Waals surface area contributed by atoms with E-state index in [1.54, 1.807) is 0 Å². The van der Waals surface area contributed by atoms with Crippen molar-refractivity contribution in [1.29, 1.82) is 0 Å². The fraction of sp³-hybridized carbons (Fsp3) is 0.0213. The molecular weight excluding hydrogens is 597 g/mol. The van der Waals surface area contributed by atoms with Gasteiger partial charge < -0.3 is 8.83 Å². The van der Waals surface area contributed by atoms with Crippen molar-refractivity contribution in [2.75, 3.05) is 0 Å². The van der Waals surface area contributed by atoms with E-state index in [1.807, 2.05) is 24.3 Å². The van der Waals surface area contributed by atoms with Gasteiger partial charge in [0.25, 0.3) is 0 Å². The molecule has 0 N–H and O–H groups in total. The van der Waals surface area contributed by atoms with Crippen LogP contribution in [0.15, 0.2) is 167 Å². The Morgan fingerprint density at radius 3 is 1.80 bits per heavy atom. The van der Waals surface area contributed by atoms with Gasteiger partial charge in [-0.15, -0.1) is 0 Å². The van der Waals surface area contributed by atoms with E-state index in [9.17, 15) is 0 Å². The maximum absolute atomic E-state index is 6.67. The van der Waals surface area contributed by atoms with E-state index >= 15 is 0 Å². The van der Waals surface area contributed by atoms with Crippen molar-refractivity contribution in [3.05, 3.63) is 169 Å². The van der Waals surface area contributed by atoms with E-state index < -0.39 is 0 Å². The summed E-state index contributed by atoms with van der Waals surface area (Å²) in [6.45, 7) is 0. The first kappa shape index (κ1) is 26.7. The van der Waals surface area contributed by atoms with Crippen LogP contribution in [0.2, 0.25) is 0 Å². The largest absolute Gasteiger partial charge is 0.452 e. The number of hydrogen-bond donors (Lipinski definition) is 0. The molecule has 0 spiro atoms. The van der Waals surface area contributed by atoms with Gasteiger partial charge in [-0.25, -0.2) is 0 Å². The first-order valence-corrected chi connectivity index (χ1v) is 16.9. The molecule has 0 atom stereocenters. The summed E-state index contributed by atoms with van der Waals surface area (Å²) in [4.78, 5) is 0. The molecule has 0 radical (unpaired) electrons. The molecule has 11 rings (SSSR count). The van der Waals surface area contributed by atoms with Crippen LogP contribution in [-0.4, -0.2) is 0 Å². The predicted molar refractivity (Wildman–Crippen MR) is 203 cm³/mol. The first-order chi connectivity index (χ1) is 24.3. The summed E-state index contributed by atoms with van der Waals surface area (Å²) in [5, 5.41) is 8.11. The minimum Gasteiger partial charge on any atom is -0.452 e. The van der Waals surface area contributed by atoms with Crippen LogP contribution in [0.1, 0.15) is 11.1 Å². The molecular formula is C47H28O2. The standard InChI is InChI=1S/C47H28O2/c1-2-12-28(13-3-1)42-27-32-26-40(45-39-20-10-11-21-41(39)48-47(45)46(32)49-42)44-37-18-8-6-16-35(37)43(36-17-7-9-19-38(36)44)30-22-23-34-31(25-30)24-29-14-4-5-15-33(29)34/h1-23,25-27H,24H2. The molecule has 0 amide bonds. The van der Waals surface area contributed by atoms with Crippen molar-refractivity contribution in [1.82, 2.24) is 0 Å². The lowest BCUT2D eigenvalue weighted by Crippen LogP contribution is -1.92. The minimum absolute atomic E-state index is 0.776. The van der Waals surface area contributed by atoms with Crippen molar-refractivity contribution < 1.29 is 8.83 Å². The predicted octanol–water partition coefficient (Wildman–Crippen LogP) is 13.2. The molecule has 1 aliphatic carbocycles. The maximum atomic E-state index is 6.67.